The Morgan fingerprint density at radius 1 is 0.769 bits per heavy atom. The molecule has 0 heterocycles. The van der Waals surface area contributed by atoms with Crippen molar-refractivity contribution < 1.29 is 43.7 Å². The van der Waals surface area contributed by atoms with Crippen molar-refractivity contribution in [2.24, 2.45) is 0 Å². The Morgan fingerprint density at radius 3 is 1.15 bits per heavy atom. The van der Waals surface area contributed by atoms with E-state index in [4.69, 9.17) is 15.3 Å². The molecule has 0 saturated carbocycles. The fourth-order valence-electron chi connectivity index (χ4n) is 0.319. The molecule has 0 spiro atoms. The van der Waals surface area contributed by atoms with Gasteiger partial charge in [0, 0.05) is 0 Å². The third-order valence-electron chi connectivity index (χ3n) is 0.591. The predicted octanol–water partition coefficient (Wildman–Crippen LogP) is 0.0551. The summed E-state index contributed by atoms with van der Waals surface area (Å²) in [5.41, 5.74) is 0. The van der Waals surface area contributed by atoms with Crippen molar-refractivity contribution in [3.05, 3.63) is 0 Å². The summed E-state index contributed by atoms with van der Waals surface area (Å²) in [6.07, 6.45) is -5.81. The number of rotatable bonds is 3. The van der Waals surface area contributed by atoms with Gasteiger partial charge in [-0.05, 0) is 0 Å². The molecule has 0 amide bonds. The van der Waals surface area contributed by atoms with Crippen LogP contribution in [-0.2, 0) is 14.0 Å². The summed E-state index contributed by atoms with van der Waals surface area (Å²) in [7, 11) is -2.34. The van der Waals surface area contributed by atoms with Crippen LogP contribution in [0.3, 0.4) is 0 Å². The summed E-state index contributed by atoms with van der Waals surface area (Å²) in [5.74, 6) is 0. The van der Waals surface area contributed by atoms with Crippen molar-refractivity contribution in [3.63, 3.8) is 0 Å². The van der Waals surface area contributed by atoms with Crippen LogP contribution in [0.15, 0.2) is 0 Å². The Balaban J connectivity index is 4.10. The van der Waals surface area contributed by atoms with Crippen molar-refractivity contribution in [2.75, 3.05) is 0 Å². The maximum Gasteiger partial charge on any atom is 0.877 e. The minimum Gasteiger partial charge on any atom is -0.451 e. The summed E-state index contributed by atoms with van der Waals surface area (Å²) in [6, 6.07) is 0. The Bertz CT molecular complexity index is 185. The van der Waals surface area contributed by atoms with E-state index in [2.05, 4.69) is 14.0 Å². The molecule has 0 unspecified atom stereocenters. The molecule has 0 fully saturated rings. The third-order valence-corrected chi connectivity index (χ3v) is 0.591. The zero-order valence-electron chi connectivity index (χ0n) is 5.87. The van der Waals surface area contributed by atoms with Crippen LogP contribution in [0.5, 0.6) is 0 Å². The Hall–Kier alpha value is -2.13. The minimum absolute atomic E-state index is 1.94. The Labute approximate surface area is 70.6 Å². The smallest absolute Gasteiger partial charge is 0.451 e. The zero-order chi connectivity index (χ0) is 10.4. The zero-order valence-corrected chi connectivity index (χ0v) is 5.87. The lowest BCUT2D eigenvalue weighted by Crippen LogP contribution is -2.33. The summed E-state index contributed by atoms with van der Waals surface area (Å²) in [6.45, 7) is 0. The molecule has 0 aliphatic rings. The molecular formula is C3H3BO9. The van der Waals surface area contributed by atoms with E-state index < -0.39 is 25.8 Å². The molecule has 0 bridgehead atoms. The van der Waals surface area contributed by atoms with Gasteiger partial charge in [-0.25, -0.2) is 14.4 Å². The predicted molar refractivity (Wildman–Crippen MR) is 33.1 cm³/mol. The van der Waals surface area contributed by atoms with Crippen molar-refractivity contribution in [2.45, 2.75) is 0 Å². The molecule has 9 nitrogen and oxygen atoms in total. The lowest BCUT2D eigenvalue weighted by atomic mass is 10.2. The minimum atomic E-state index is -2.34. The second kappa shape index (κ2) is 4.69. The highest BCUT2D eigenvalue weighted by atomic mass is 16.8. The van der Waals surface area contributed by atoms with Gasteiger partial charge >= 0.3 is 25.8 Å². The average molecular weight is 194 g/mol. The van der Waals surface area contributed by atoms with Gasteiger partial charge in [0.1, 0.15) is 0 Å². The van der Waals surface area contributed by atoms with Crippen LogP contribution >= 0.6 is 0 Å². The summed E-state index contributed by atoms with van der Waals surface area (Å²) in [5, 5.41) is 23.8. The van der Waals surface area contributed by atoms with E-state index in [1.807, 2.05) is 0 Å². The van der Waals surface area contributed by atoms with Crippen LogP contribution < -0.4 is 0 Å². The van der Waals surface area contributed by atoms with E-state index in [-0.39, 0.29) is 0 Å². The van der Waals surface area contributed by atoms with Gasteiger partial charge in [-0.1, -0.05) is 0 Å². The SMILES string of the molecule is O=C(O)OB(OC(=O)O)OC(=O)O. The first-order valence-corrected chi connectivity index (χ1v) is 2.60. The maximum atomic E-state index is 9.80. The Morgan fingerprint density at radius 2 is 1.00 bits per heavy atom. The standard InChI is InChI=1S/C3H3BO9/c5-1(6)11-4(12-2(7)8)13-3(9)10/h(H,5,6)(H,7,8)(H,9,10). The second-order valence-electron chi connectivity index (χ2n) is 1.44. The summed E-state index contributed by atoms with van der Waals surface area (Å²) < 4.78 is 10.7. The fourth-order valence-corrected chi connectivity index (χ4v) is 0.319. The van der Waals surface area contributed by atoms with Gasteiger partial charge in [-0.3, -0.25) is 0 Å². The largest absolute Gasteiger partial charge is 0.877 e. The highest BCUT2D eigenvalue weighted by Crippen LogP contribution is 1.94. The number of carbonyl (C=O) groups is 3. The number of carboxylic acid groups (broad SMARTS) is 3. The van der Waals surface area contributed by atoms with Crippen molar-refractivity contribution in [1.29, 1.82) is 0 Å². The van der Waals surface area contributed by atoms with E-state index >= 15 is 0 Å². The molecule has 0 radical (unpaired) electrons. The van der Waals surface area contributed by atoms with Gasteiger partial charge in [-0.2, -0.15) is 0 Å². The van der Waals surface area contributed by atoms with Crippen LogP contribution in [0.2, 0.25) is 0 Å². The lowest BCUT2D eigenvalue weighted by molar-refractivity contribution is 0.0739. The summed E-state index contributed by atoms with van der Waals surface area (Å²) in [4.78, 5) is 29.4. The van der Waals surface area contributed by atoms with Gasteiger partial charge in [0.15, 0.2) is 0 Å². The van der Waals surface area contributed by atoms with Gasteiger partial charge in [-0.15, -0.1) is 0 Å². The molecule has 0 aliphatic heterocycles. The van der Waals surface area contributed by atoms with E-state index in [0.717, 1.165) is 0 Å². The van der Waals surface area contributed by atoms with Crippen molar-refractivity contribution in [3.8, 4) is 0 Å². The molecule has 0 aromatic rings. The average Bonchev–Trinajstić information content (AvgIpc) is 1.80. The molecule has 10 heteroatoms. The quantitative estimate of drug-likeness (QED) is 0.531. The first-order chi connectivity index (χ1) is 5.91. The normalized spacial score (nSPS) is 8.31. The molecular weight excluding hydrogens is 191 g/mol. The van der Waals surface area contributed by atoms with Gasteiger partial charge in [0.2, 0.25) is 0 Å². The van der Waals surface area contributed by atoms with Crippen molar-refractivity contribution in [1.82, 2.24) is 0 Å². The molecule has 13 heavy (non-hydrogen) atoms. The van der Waals surface area contributed by atoms with Crippen LogP contribution in [-0.4, -0.2) is 41.1 Å². The van der Waals surface area contributed by atoms with E-state index in [0.29, 0.717) is 0 Å². The van der Waals surface area contributed by atoms with Gasteiger partial charge in [0.05, 0.1) is 0 Å². The molecule has 3 N–H and O–H groups in total. The first kappa shape index (κ1) is 10.9. The van der Waals surface area contributed by atoms with E-state index in [1.165, 1.54) is 0 Å². The molecule has 0 aromatic heterocycles. The van der Waals surface area contributed by atoms with Crippen molar-refractivity contribution >= 4 is 25.8 Å². The van der Waals surface area contributed by atoms with Gasteiger partial charge < -0.3 is 29.3 Å². The second-order valence-corrected chi connectivity index (χ2v) is 1.44. The third kappa shape index (κ3) is 6.28. The number of hydrogen-bond acceptors (Lipinski definition) is 6. The van der Waals surface area contributed by atoms with Crippen LogP contribution in [0, 0.1) is 0 Å². The monoisotopic (exact) mass is 194 g/mol. The molecule has 0 atom stereocenters. The van der Waals surface area contributed by atoms with Gasteiger partial charge in [0.25, 0.3) is 0 Å². The van der Waals surface area contributed by atoms with Crippen LogP contribution in [0.25, 0.3) is 0 Å². The highest BCUT2D eigenvalue weighted by molar-refractivity contribution is 6.43. The molecule has 0 rings (SSSR count). The Kier molecular flexibility index (Phi) is 3.93. The van der Waals surface area contributed by atoms with E-state index in [9.17, 15) is 14.4 Å². The molecule has 72 valence electrons. The van der Waals surface area contributed by atoms with E-state index in [1.54, 1.807) is 0 Å². The fraction of sp³-hybridized carbons (Fsp3) is 0. The topological polar surface area (TPSA) is 140 Å². The maximum absolute atomic E-state index is 9.80. The van der Waals surface area contributed by atoms with Crippen LogP contribution in [0.1, 0.15) is 0 Å². The number of hydrogen-bond donors (Lipinski definition) is 3. The summed E-state index contributed by atoms with van der Waals surface area (Å²) >= 11 is 0. The van der Waals surface area contributed by atoms with Crippen LogP contribution in [0.4, 0.5) is 14.4 Å². The molecule has 0 saturated heterocycles. The lowest BCUT2D eigenvalue weighted by Gasteiger charge is -2.05. The highest BCUT2D eigenvalue weighted by Gasteiger charge is 2.36. The first-order valence-electron chi connectivity index (χ1n) is 2.60. The molecule has 0 aromatic carbocycles. The molecule has 0 aliphatic carbocycles.